The Morgan fingerprint density at radius 2 is 2.35 bits per heavy atom. The molecule has 0 radical (unpaired) electrons. The molecule has 1 amide bonds. The number of nitrogens with two attached hydrogens (primary N) is 1. The van der Waals surface area contributed by atoms with Crippen LogP contribution in [0, 0.1) is 0 Å². The first-order valence-electron chi connectivity index (χ1n) is 6.00. The lowest BCUT2D eigenvalue weighted by molar-refractivity contribution is -0.117. The summed E-state index contributed by atoms with van der Waals surface area (Å²) in [4.78, 5) is 11.0. The van der Waals surface area contributed by atoms with Gasteiger partial charge >= 0.3 is 0 Å². The summed E-state index contributed by atoms with van der Waals surface area (Å²) in [6.07, 6.45) is 2.47. The number of hydrogen-bond donors (Lipinski definition) is 1. The standard InChI is InChI=1S/C11H18N4O2/c1-2-17-6-5-15-11(8-3-4-8)9(13-14-15)7-10(12)16/h8H,2-7H2,1H3,(H2,12,16). The normalized spacial score (nSPS) is 15.1. The average Bonchev–Trinajstić information content (AvgIpc) is 3.03. The first-order chi connectivity index (χ1) is 8.22. The van der Waals surface area contributed by atoms with Crippen LogP contribution < -0.4 is 5.73 Å². The molecule has 94 valence electrons. The molecule has 1 aliphatic carbocycles. The molecule has 1 fully saturated rings. The van der Waals surface area contributed by atoms with Crippen LogP contribution in [0.4, 0.5) is 0 Å². The molecule has 1 aromatic rings. The van der Waals surface area contributed by atoms with E-state index < -0.39 is 0 Å². The van der Waals surface area contributed by atoms with Gasteiger partial charge in [-0.2, -0.15) is 0 Å². The minimum atomic E-state index is -0.358. The summed E-state index contributed by atoms with van der Waals surface area (Å²) in [6, 6.07) is 0. The minimum Gasteiger partial charge on any atom is -0.380 e. The highest BCUT2D eigenvalue weighted by Crippen LogP contribution is 2.41. The molecule has 2 N–H and O–H groups in total. The van der Waals surface area contributed by atoms with Gasteiger partial charge in [0.2, 0.25) is 5.91 Å². The summed E-state index contributed by atoms with van der Waals surface area (Å²) in [5.41, 5.74) is 7.01. The summed E-state index contributed by atoms with van der Waals surface area (Å²) in [7, 11) is 0. The number of carbonyl (C=O) groups excluding carboxylic acids is 1. The number of aromatic nitrogens is 3. The number of rotatable bonds is 7. The molecular formula is C11H18N4O2. The molecule has 0 aliphatic heterocycles. The SMILES string of the molecule is CCOCCn1nnc(CC(N)=O)c1C1CC1. The van der Waals surface area contributed by atoms with Gasteiger partial charge in [-0.15, -0.1) is 5.10 Å². The van der Waals surface area contributed by atoms with Crippen LogP contribution in [-0.2, 0) is 22.5 Å². The second kappa shape index (κ2) is 5.27. The average molecular weight is 238 g/mol. The summed E-state index contributed by atoms with van der Waals surface area (Å²) < 4.78 is 7.16. The zero-order valence-corrected chi connectivity index (χ0v) is 10.1. The smallest absolute Gasteiger partial charge is 0.223 e. The third-order valence-electron chi connectivity index (χ3n) is 2.80. The van der Waals surface area contributed by atoms with Crippen LogP contribution in [0.15, 0.2) is 0 Å². The summed E-state index contributed by atoms with van der Waals surface area (Å²) in [5.74, 6) is 0.143. The first kappa shape index (κ1) is 12.0. The van der Waals surface area contributed by atoms with E-state index in [1.165, 1.54) is 0 Å². The quantitative estimate of drug-likeness (QED) is 0.689. The van der Waals surface area contributed by atoms with Crippen molar-refractivity contribution in [3.63, 3.8) is 0 Å². The predicted molar refractivity (Wildman–Crippen MR) is 61.4 cm³/mol. The summed E-state index contributed by atoms with van der Waals surface area (Å²) in [6.45, 7) is 3.96. The summed E-state index contributed by atoms with van der Waals surface area (Å²) >= 11 is 0. The van der Waals surface area contributed by atoms with E-state index >= 15 is 0 Å². The van der Waals surface area contributed by atoms with Gasteiger partial charge in [0.1, 0.15) is 0 Å². The topological polar surface area (TPSA) is 83.0 Å². The van der Waals surface area contributed by atoms with Crippen molar-refractivity contribution in [2.75, 3.05) is 13.2 Å². The van der Waals surface area contributed by atoms with Crippen LogP contribution in [0.3, 0.4) is 0 Å². The Hall–Kier alpha value is -1.43. The van der Waals surface area contributed by atoms with Crippen molar-refractivity contribution < 1.29 is 9.53 Å². The Labute approximate surface area is 100 Å². The zero-order chi connectivity index (χ0) is 12.3. The van der Waals surface area contributed by atoms with E-state index in [9.17, 15) is 4.79 Å². The fourth-order valence-electron chi connectivity index (χ4n) is 1.91. The molecule has 17 heavy (non-hydrogen) atoms. The molecule has 2 rings (SSSR count). The van der Waals surface area contributed by atoms with E-state index in [1.54, 1.807) is 0 Å². The second-order valence-corrected chi connectivity index (χ2v) is 4.26. The van der Waals surface area contributed by atoms with Gasteiger partial charge in [-0.1, -0.05) is 5.21 Å². The number of amides is 1. The van der Waals surface area contributed by atoms with Crippen LogP contribution in [-0.4, -0.2) is 34.1 Å². The zero-order valence-electron chi connectivity index (χ0n) is 10.1. The molecule has 0 aromatic carbocycles. The molecule has 6 heteroatoms. The van der Waals surface area contributed by atoms with Crippen molar-refractivity contribution >= 4 is 5.91 Å². The van der Waals surface area contributed by atoms with Crippen LogP contribution >= 0.6 is 0 Å². The van der Waals surface area contributed by atoms with Crippen molar-refractivity contribution in [1.29, 1.82) is 0 Å². The second-order valence-electron chi connectivity index (χ2n) is 4.26. The van der Waals surface area contributed by atoms with Crippen molar-refractivity contribution in [2.45, 2.75) is 38.6 Å². The van der Waals surface area contributed by atoms with Gasteiger partial charge in [0.25, 0.3) is 0 Å². The van der Waals surface area contributed by atoms with Gasteiger partial charge in [0.05, 0.1) is 31.0 Å². The Bertz CT molecular complexity index is 398. The van der Waals surface area contributed by atoms with Gasteiger partial charge in [0, 0.05) is 12.5 Å². The molecular weight excluding hydrogens is 220 g/mol. The number of carbonyl (C=O) groups is 1. The lowest BCUT2D eigenvalue weighted by atomic mass is 10.2. The molecule has 0 atom stereocenters. The van der Waals surface area contributed by atoms with Crippen molar-refractivity contribution in [3.8, 4) is 0 Å². The summed E-state index contributed by atoms with van der Waals surface area (Å²) in [5, 5.41) is 8.13. The molecule has 1 aliphatic rings. The molecule has 1 aromatic heterocycles. The monoisotopic (exact) mass is 238 g/mol. The lowest BCUT2D eigenvalue weighted by Crippen LogP contribution is -2.16. The van der Waals surface area contributed by atoms with E-state index in [-0.39, 0.29) is 12.3 Å². The van der Waals surface area contributed by atoms with Gasteiger partial charge in [-0.3, -0.25) is 4.79 Å². The molecule has 0 spiro atoms. The first-order valence-corrected chi connectivity index (χ1v) is 6.00. The Morgan fingerprint density at radius 1 is 1.59 bits per heavy atom. The lowest BCUT2D eigenvalue weighted by Gasteiger charge is -2.06. The van der Waals surface area contributed by atoms with Crippen LogP contribution in [0.2, 0.25) is 0 Å². The largest absolute Gasteiger partial charge is 0.380 e. The number of primary amides is 1. The van der Waals surface area contributed by atoms with Gasteiger partial charge in [-0.05, 0) is 19.8 Å². The minimum absolute atomic E-state index is 0.181. The van der Waals surface area contributed by atoms with E-state index in [1.807, 2.05) is 11.6 Å². The highest BCUT2D eigenvalue weighted by Gasteiger charge is 2.31. The number of hydrogen-bond acceptors (Lipinski definition) is 4. The van der Waals surface area contributed by atoms with E-state index in [0.717, 1.165) is 24.2 Å². The maximum absolute atomic E-state index is 11.0. The molecule has 1 saturated carbocycles. The Kier molecular flexibility index (Phi) is 3.73. The van der Waals surface area contributed by atoms with E-state index in [4.69, 9.17) is 10.5 Å². The molecule has 0 unspecified atom stereocenters. The maximum atomic E-state index is 11.0. The highest BCUT2D eigenvalue weighted by molar-refractivity contribution is 5.76. The van der Waals surface area contributed by atoms with E-state index in [2.05, 4.69) is 10.3 Å². The van der Waals surface area contributed by atoms with Gasteiger partial charge in [-0.25, -0.2) is 4.68 Å². The third kappa shape index (κ3) is 3.03. The number of ether oxygens (including phenoxy) is 1. The molecule has 6 nitrogen and oxygen atoms in total. The molecule has 0 bridgehead atoms. The Balaban J connectivity index is 2.09. The fourth-order valence-corrected chi connectivity index (χ4v) is 1.91. The van der Waals surface area contributed by atoms with Gasteiger partial charge < -0.3 is 10.5 Å². The third-order valence-corrected chi connectivity index (χ3v) is 2.80. The number of nitrogens with zero attached hydrogens (tertiary/aromatic N) is 3. The molecule has 0 saturated heterocycles. The van der Waals surface area contributed by atoms with Gasteiger partial charge in [0.15, 0.2) is 0 Å². The molecule has 1 heterocycles. The van der Waals surface area contributed by atoms with Crippen LogP contribution in [0.25, 0.3) is 0 Å². The van der Waals surface area contributed by atoms with Crippen molar-refractivity contribution in [3.05, 3.63) is 11.4 Å². The van der Waals surface area contributed by atoms with E-state index in [0.29, 0.717) is 25.7 Å². The maximum Gasteiger partial charge on any atom is 0.223 e. The highest BCUT2D eigenvalue weighted by atomic mass is 16.5. The van der Waals surface area contributed by atoms with Crippen LogP contribution in [0.1, 0.15) is 37.1 Å². The predicted octanol–water partition coefficient (Wildman–Crippen LogP) is 0.220. The fraction of sp³-hybridized carbons (Fsp3) is 0.727. The Morgan fingerprint density at radius 3 is 2.94 bits per heavy atom. The van der Waals surface area contributed by atoms with Crippen molar-refractivity contribution in [2.24, 2.45) is 5.73 Å². The van der Waals surface area contributed by atoms with Crippen molar-refractivity contribution in [1.82, 2.24) is 15.0 Å². The van der Waals surface area contributed by atoms with Crippen LogP contribution in [0.5, 0.6) is 0 Å².